The maximum atomic E-state index is 10.8. The van der Waals surface area contributed by atoms with Crippen LogP contribution in [0.1, 0.15) is 5.56 Å². The Morgan fingerprint density at radius 3 is 2.30 bits per heavy atom. The number of hydrogen-bond donors (Lipinski definition) is 1. The summed E-state index contributed by atoms with van der Waals surface area (Å²) in [5.74, 6) is 0.904. The first kappa shape index (κ1) is 15.2. The van der Waals surface area contributed by atoms with Crippen molar-refractivity contribution in [3.05, 3.63) is 70.3 Å². The number of nitro groups is 1. The van der Waals surface area contributed by atoms with Gasteiger partial charge >= 0.3 is 0 Å². The summed E-state index contributed by atoms with van der Waals surface area (Å²) >= 11 is 0. The van der Waals surface area contributed by atoms with E-state index in [4.69, 9.17) is 4.99 Å². The molecule has 1 N–H and O–H groups in total. The van der Waals surface area contributed by atoms with Gasteiger partial charge in [-0.05, 0) is 12.1 Å². The predicted molar refractivity (Wildman–Crippen MR) is 90.2 cm³/mol. The van der Waals surface area contributed by atoms with Gasteiger partial charge in [0.25, 0.3) is 5.69 Å². The van der Waals surface area contributed by atoms with Crippen LogP contribution in [0.15, 0.2) is 59.6 Å². The molecule has 6 heteroatoms. The summed E-state index contributed by atoms with van der Waals surface area (Å²) in [6.07, 6.45) is 0. The molecular weight excluding hydrogens is 292 g/mol. The molecule has 2 aromatic rings. The molecule has 1 saturated heterocycles. The molecule has 1 heterocycles. The quantitative estimate of drug-likeness (QED) is 0.409. The van der Waals surface area contributed by atoms with Crippen LogP contribution in [0.3, 0.4) is 0 Å². The summed E-state index contributed by atoms with van der Waals surface area (Å²) in [6.45, 7) is 3.62. The standard InChI is InChI=1S/C17H18N4O2/c22-21(23)16-8-6-15(7-9-16)19-17(14-4-2-1-3-5-14)20-12-10-18-11-13-20/h1-9,18H,10-13H2. The summed E-state index contributed by atoms with van der Waals surface area (Å²) in [4.78, 5) is 17.3. The fourth-order valence-electron chi connectivity index (χ4n) is 2.55. The van der Waals surface area contributed by atoms with Crippen LogP contribution in [0.4, 0.5) is 11.4 Å². The zero-order valence-electron chi connectivity index (χ0n) is 12.7. The van der Waals surface area contributed by atoms with Crippen LogP contribution in [0, 0.1) is 10.1 Å². The van der Waals surface area contributed by atoms with E-state index in [0.29, 0.717) is 5.69 Å². The van der Waals surface area contributed by atoms with Crippen molar-refractivity contribution in [2.45, 2.75) is 0 Å². The summed E-state index contributed by atoms with van der Waals surface area (Å²) in [5, 5.41) is 14.1. The summed E-state index contributed by atoms with van der Waals surface area (Å²) < 4.78 is 0. The third-order valence-electron chi connectivity index (χ3n) is 3.74. The zero-order chi connectivity index (χ0) is 16.1. The van der Waals surface area contributed by atoms with E-state index < -0.39 is 4.92 Å². The summed E-state index contributed by atoms with van der Waals surface area (Å²) in [5.41, 5.74) is 1.84. The van der Waals surface area contributed by atoms with Crippen molar-refractivity contribution >= 4 is 17.2 Å². The van der Waals surface area contributed by atoms with Gasteiger partial charge in [0.1, 0.15) is 5.84 Å². The fourth-order valence-corrected chi connectivity index (χ4v) is 2.55. The monoisotopic (exact) mass is 310 g/mol. The van der Waals surface area contributed by atoms with E-state index >= 15 is 0 Å². The lowest BCUT2D eigenvalue weighted by molar-refractivity contribution is -0.384. The summed E-state index contributed by atoms with van der Waals surface area (Å²) in [7, 11) is 0. The van der Waals surface area contributed by atoms with E-state index in [2.05, 4.69) is 10.2 Å². The van der Waals surface area contributed by atoms with Crippen molar-refractivity contribution in [2.75, 3.05) is 26.2 Å². The van der Waals surface area contributed by atoms with Gasteiger partial charge in [-0.1, -0.05) is 30.3 Å². The Hall–Kier alpha value is -2.73. The maximum absolute atomic E-state index is 10.8. The van der Waals surface area contributed by atoms with Gasteiger partial charge in [-0.2, -0.15) is 0 Å². The van der Waals surface area contributed by atoms with Gasteiger partial charge in [-0.15, -0.1) is 0 Å². The highest BCUT2D eigenvalue weighted by atomic mass is 16.6. The lowest BCUT2D eigenvalue weighted by Crippen LogP contribution is -2.46. The van der Waals surface area contributed by atoms with Crippen LogP contribution in [-0.4, -0.2) is 41.8 Å². The number of benzene rings is 2. The molecule has 2 aromatic carbocycles. The molecule has 0 bridgehead atoms. The van der Waals surface area contributed by atoms with Crippen LogP contribution in [0.25, 0.3) is 0 Å². The van der Waals surface area contributed by atoms with Crippen LogP contribution in [0.2, 0.25) is 0 Å². The highest BCUT2D eigenvalue weighted by Crippen LogP contribution is 2.20. The van der Waals surface area contributed by atoms with E-state index in [-0.39, 0.29) is 5.69 Å². The Labute approximate surface area is 134 Å². The Kier molecular flexibility index (Phi) is 4.63. The first-order valence-electron chi connectivity index (χ1n) is 7.58. The van der Waals surface area contributed by atoms with Gasteiger partial charge in [0.2, 0.25) is 0 Å². The average molecular weight is 310 g/mol. The number of piperazine rings is 1. The molecule has 3 rings (SSSR count). The van der Waals surface area contributed by atoms with E-state index in [0.717, 1.165) is 37.6 Å². The molecular formula is C17H18N4O2. The first-order valence-corrected chi connectivity index (χ1v) is 7.58. The second-order valence-electron chi connectivity index (χ2n) is 5.31. The molecule has 0 saturated carbocycles. The molecule has 23 heavy (non-hydrogen) atoms. The smallest absolute Gasteiger partial charge is 0.269 e. The zero-order valence-corrected chi connectivity index (χ0v) is 12.7. The van der Waals surface area contributed by atoms with Crippen molar-refractivity contribution in [1.29, 1.82) is 0 Å². The highest BCUT2D eigenvalue weighted by molar-refractivity contribution is 6.00. The molecule has 1 aliphatic heterocycles. The lowest BCUT2D eigenvalue weighted by Gasteiger charge is -2.30. The minimum atomic E-state index is -0.401. The number of non-ortho nitro benzene ring substituents is 1. The van der Waals surface area contributed by atoms with E-state index in [1.54, 1.807) is 12.1 Å². The number of aliphatic imine (C=N–C) groups is 1. The molecule has 0 atom stereocenters. The Bertz CT molecular complexity index is 692. The number of amidine groups is 1. The highest BCUT2D eigenvalue weighted by Gasteiger charge is 2.16. The lowest BCUT2D eigenvalue weighted by atomic mass is 10.1. The van der Waals surface area contributed by atoms with Crippen LogP contribution < -0.4 is 5.32 Å². The normalized spacial score (nSPS) is 15.5. The maximum Gasteiger partial charge on any atom is 0.269 e. The summed E-state index contributed by atoms with van der Waals surface area (Å²) in [6, 6.07) is 16.4. The molecule has 0 amide bonds. The molecule has 118 valence electrons. The Morgan fingerprint density at radius 2 is 1.70 bits per heavy atom. The second-order valence-corrected chi connectivity index (χ2v) is 5.31. The number of nitrogens with zero attached hydrogens (tertiary/aromatic N) is 3. The van der Waals surface area contributed by atoms with Crippen LogP contribution in [-0.2, 0) is 0 Å². The van der Waals surface area contributed by atoms with E-state index in [9.17, 15) is 10.1 Å². The van der Waals surface area contributed by atoms with Crippen molar-refractivity contribution in [1.82, 2.24) is 10.2 Å². The molecule has 6 nitrogen and oxygen atoms in total. The minimum Gasteiger partial charge on any atom is -0.354 e. The number of rotatable bonds is 3. The molecule has 0 aromatic heterocycles. The second kappa shape index (κ2) is 7.02. The van der Waals surface area contributed by atoms with Crippen molar-refractivity contribution in [3.63, 3.8) is 0 Å². The number of nitro benzene ring substituents is 1. The Balaban J connectivity index is 1.95. The molecule has 0 radical (unpaired) electrons. The third-order valence-corrected chi connectivity index (χ3v) is 3.74. The van der Waals surface area contributed by atoms with Gasteiger partial charge in [0, 0.05) is 43.9 Å². The predicted octanol–water partition coefficient (Wildman–Crippen LogP) is 2.58. The van der Waals surface area contributed by atoms with Gasteiger partial charge in [0.15, 0.2) is 0 Å². The molecule has 1 fully saturated rings. The number of nitrogens with one attached hydrogen (secondary N) is 1. The molecule has 0 unspecified atom stereocenters. The first-order chi connectivity index (χ1) is 11.2. The largest absolute Gasteiger partial charge is 0.354 e. The molecule has 1 aliphatic rings. The molecule has 0 spiro atoms. The van der Waals surface area contributed by atoms with Crippen LogP contribution >= 0.6 is 0 Å². The van der Waals surface area contributed by atoms with Crippen LogP contribution in [0.5, 0.6) is 0 Å². The minimum absolute atomic E-state index is 0.0763. The van der Waals surface area contributed by atoms with Crippen molar-refractivity contribution in [2.24, 2.45) is 4.99 Å². The average Bonchev–Trinajstić information content (AvgIpc) is 2.61. The fraction of sp³-hybridized carbons (Fsp3) is 0.235. The number of hydrogen-bond acceptors (Lipinski definition) is 4. The SMILES string of the molecule is O=[N+]([O-])c1ccc(N=C(c2ccccc2)N2CCNCC2)cc1. The van der Waals surface area contributed by atoms with Crippen molar-refractivity contribution in [3.8, 4) is 0 Å². The Morgan fingerprint density at radius 1 is 1.04 bits per heavy atom. The third kappa shape index (κ3) is 3.73. The van der Waals surface area contributed by atoms with Gasteiger partial charge < -0.3 is 10.2 Å². The van der Waals surface area contributed by atoms with E-state index in [1.807, 2.05) is 30.3 Å². The van der Waals surface area contributed by atoms with E-state index in [1.165, 1.54) is 12.1 Å². The van der Waals surface area contributed by atoms with Gasteiger partial charge in [-0.25, -0.2) is 4.99 Å². The molecule has 0 aliphatic carbocycles. The topological polar surface area (TPSA) is 70.8 Å². The van der Waals surface area contributed by atoms with Gasteiger partial charge in [-0.3, -0.25) is 10.1 Å². The van der Waals surface area contributed by atoms with Crippen molar-refractivity contribution < 1.29 is 4.92 Å². The van der Waals surface area contributed by atoms with Gasteiger partial charge in [0.05, 0.1) is 10.6 Å².